The Morgan fingerprint density at radius 3 is 2.93 bits per heavy atom. The molecule has 1 heterocycles. The molecule has 2 aromatic rings. The lowest BCUT2D eigenvalue weighted by Gasteiger charge is -1.99. The van der Waals surface area contributed by atoms with E-state index in [1.165, 1.54) is 18.3 Å². The smallest absolute Gasteiger partial charge is 0.209 e. The van der Waals surface area contributed by atoms with Crippen molar-refractivity contribution >= 4 is 27.5 Å². The van der Waals surface area contributed by atoms with E-state index in [0.717, 1.165) is 4.47 Å². The van der Waals surface area contributed by atoms with Gasteiger partial charge in [0.05, 0.1) is 12.1 Å². The van der Waals surface area contributed by atoms with Gasteiger partial charge < -0.3 is 4.42 Å². The van der Waals surface area contributed by atoms with Crippen LogP contribution < -0.4 is 0 Å². The number of rotatable bonds is 2. The van der Waals surface area contributed by atoms with E-state index in [-0.39, 0.29) is 11.7 Å². The molecule has 0 aliphatic rings. The molecular weight excluding hydrogens is 284 g/mol. The van der Waals surface area contributed by atoms with Crippen molar-refractivity contribution < 1.29 is 8.81 Å². The molecular formula is C10H6BrClFNO. The number of aromatic nitrogens is 1. The SMILES string of the molecule is Fc1ccc(Br)c(-c2cnc(CCl)o2)c1. The van der Waals surface area contributed by atoms with Crippen LogP contribution in [0.5, 0.6) is 0 Å². The van der Waals surface area contributed by atoms with Gasteiger partial charge in [-0.1, -0.05) is 15.9 Å². The summed E-state index contributed by atoms with van der Waals surface area (Å²) in [7, 11) is 0. The van der Waals surface area contributed by atoms with Crippen molar-refractivity contribution in [3.05, 3.63) is 40.6 Å². The Bertz CT molecular complexity index is 486. The lowest BCUT2D eigenvalue weighted by Crippen LogP contribution is -1.80. The Morgan fingerprint density at radius 2 is 2.27 bits per heavy atom. The van der Waals surface area contributed by atoms with E-state index in [9.17, 15) is 4.39 Å². The molecule has 0 bridgehead atoms. The lowest BCUT2D eigenvalue weighted by molar-refractivity contribution is 0.527. The fourth-order valence-electron chi connectivity index (χ4n) is 1.18. The van der Waals surface area contributed by atoms with Crippen LogP contribution in [0.4, 0.5) is 4.39 Å². The molecule has 0 radical (unpaired) electrons. The molecule has 2 rings (SSSR count). The van der Waals surface area contributed by atoms with Crippen LogP contribution in [0.2, 0.25) is 0 Å². The number of hydrogen-bond donors (Lipinski definition) is 0. The molecule has 1 aromatic carbocycles. The summed E-state index contributed by atoms with van der Waals surface area (Å²) in [6, 6.07) is 4.36. The molecule has 78 valence electrons. The van der Waals surface area contributed by atoms with Gasteiger partial charge in [0.25, 0.3) is 0 Å². The standard InChI is InChI=1S/C10H6BrClFNO/c11-8-2-1-6(13)3-7(8)9-5-14-10(4-12)15-9/h1-3,5H,4H2. The molecule has 0 fully saturated rings. The van der Waals surface area contributed by atoms with Gasteiger partial charge in [-0.05, 0) is 18.2 Å². The molecule has 0 spiro atoms. The number of oxazole rings is 1. The van der Waals surface area contributed by atoms with Crippen LogP contribution in [0.3, 0.4) is 0 Å². The average Bonchev–Trinajstić information content (AvgIpc) is 2.70. The first-order chi connectivity index (χ1) is 7.20. The number of alkyl halides is 1. The number of nitrogens with zero attached hydrogens (tertiary/aromatic N) is 1. The van der Waals surface area contributed by atoms with Crippen molar-refractivity contribution in [2.75, 3.05) is 0 Å². The van der Waals surface area contributed by atoms with Crippen LogP contribution in [0, 0.1) is 5.82 Å². The van der Waals surface area contributed by atoms with Crippen molar-refractivity contribution in [2.24, 2.45) is 0 Å². The third-order valence-electron chi connectivity index (χ3n) is 1.86. The maximum absolute atomic E-state index is 13.0. The number of halogens is 3. The summed E-state index contributed by atoms with van der Waals surface area (Å²) in [5.41, 5.74) is 0.624. The van der Waals surface area contributed by atoms with Gasteiger partial charge in [0.1, 0.15) is 5.82 Å². The fourth-order valence-corrected chi connectivity index (χ4v) is 1.75. The van der Waals surface area contributed by atoms with Crippen LogP contribution >= 0.6 is 27.5 Å². The van der Waals surface area contributed by atoms with Gasteiger partial charge >= 0.3 is 0 Å². The lowest BCUT2D eigenvalue weighted by atomic mass is 10.2. The zero-order valence-electron chi connectivity index (χ0n) is 7.51. The average molecular weight is 291 g/mol. The van der Waals surface area contributed by atoms with Crippen LogP contribution in [0.25, 0.3) is 11.3 Å². The fraction of sp³-hybridized carbons (Fsp3) is 0.100. The zero-order valence-corrected chi connectivity index (χ0v) is 9.85. The molecule has 0 unspecified atom stereocenters. The first-order valence-electron chi connectivity index (χ1n) is 4.17. The highest BCUT2D eigenvalue weighted by atomic mass is 79.9. The maximum Gasteiger partial charge on any atom is 0.209 e. The third kappa shape index (κ3) is 2.21. The maximum atomic E-state index is 13.0. The summed E-state index contributed by atoms with van der Waals surface area (Å²) in [5, 5.41) is 0. The second-order valence-corrected chi connectivity index (χ2v) is 4.00. The molecule has 0 saturated carbocycles. The second kappa shape index (κ2) is 4.33. The molecule has 2 nitrogen and oxygen atoms in total. The van der Waals surface area contributed by atoms with Gasteiger partial charge in [-0.2, -0.15) is 0 Å². The van der Waals surface area contributed by atoms with Crippen LogP contribution in [0.1, 0.15) is 5.89 Å². The third-order valence-corrected chi connectivity index (χ3v) is 2.78. The van der Waals surface area contributed by atoms with Crippen LogP contribution in [-0.2, 0) is 5.88 Å². The Balaban J connectivity index is 2.48. The van der Waals surface area contributed by atoms with E-state index < -0.39 is 0 Å². The molecule has 15 heavy (non-hydrogen) atoms. The van der Waals surface area contributed by atoms with Crippen LogP contribution in [0.15, 0.2) is 33.3 Å². The van der Waals surface area contributed by atoms with E-state index in [2.05, 4.69) is 20.9 Å². The molecule has 5 heteroatoms. The molecule has 0 aliphatic heterocycles. The van der Waals surface area contributed by atoms with Crippen molar-refractivity contribution in [2.45, 2.75) is 5.88 Å². The molecule has 0 atom stereocenters. The highest BCUT2D eigenvalue weighted by molar-refractivity contribution is 9.10. The molecule has 1 aromatic heterocycles. The minimum absolute atomic E-state index is 0.201. The van der Waals surface area contributed by atoms with Gasteiger partial charge in [0, 0.05) is 10.0 Å². The van der Waals surface area contributed by atoms with E-state index in [4.69, 9.17) is 16.0 Å². The molecule has 0 N–H and O–H groups in total. The van der Waals surface area contributed by atoms with E-state index >= 15 is 0 Å². The normalized spacial score (nSPS) is 10.6. The largest absolute Gasteiger partial charge is 0.439 e. The molecule has 0 saturated heterocycles. The summed E-state index contributed by atoms with van der Waals surface area (Å²) in [5.74, 6) is 0.796. The zero-order chi connectivity index (χ0) is 10.8. The minimum atomic E-state index is -0.322. The van der Waals surface area contributed by atoms with Crippen molar-refractivity contribution in [3.8, 4) is 11.3 Å². The predicted molar refractivity (Wildman–Crippen MR) is 59.2 cm³/mol. The van der Waals surface area contributed by atoms with Crippen molar-refractivity contribution in [1.82, 2.24) is 4.98 Å². The summed E-state index contributed by atoms with van der Waals surface area (Å²) in [6.45, 7) is 0. The van der Waals surface area contributed by atoms with E-state index in [1.54, 1.807) is 6.07 Å². The van der Waals surface area contributed by atoms with Gasteiger partial charge in [-0.15, -0.1) is 11.6 Å². The predicted octanol–water partition coefficient (Wildman–Crippen LogP) is 3.98. The Labute approximate surface area is 99.2 Å². The molecule has 0 aliphatic carbocycles. The van der Waals surface area contributed by atoms with Crippen molar-refractivity contribution in [3.63, 3.8) is 0 Å². The summed E-state index contributed by atoms with van der Waals surface area (Å²) >= 11 is 8.87. The monoisotopic (exact) mass is 289 g/mol. The van der Waals surface area contributed by atoms with Crippen molar-refractivity contribution in [1.29, 1.82) is 0 Å². The van der Waals surface area contributed by atoms with Gasteiger partial charge in [0.15, 0.2) is 5.76 Å². The minimum Gasteiger partial charge on any atom is -0.439 e. The quantitative estimate of drug-likeness (QED) is 0.782. The van der Waals surface area contributed by atoms with Gasteiger partial charge in [0.2, 0.25) is 5.89 Å². The Kier molecular flexibility index (Phi) is 3.07. The first-order valence-corrected chi connectivity index (χ1v) is 5.49. The Hall–Kier alpha value is -0.870. The van der Waals surface area contributed by atoms with E-state index in [0.29, 0.717) is 17.2 Å². The summed E-state index contributed by atoms with van der Waals surface area (Å²) in [4.78, 5) is 3.94. The van der Waals surface area contributed by atoms with Gasteiger partial charge in [-0.25, -0.2) is 9.37 Å². The first kappa shape index (κ1) is 10.6. The number of hydrogen-bond acceptors (Lipinski definition) is 2. The molecule has 0 amide bonds. The van der Waals surface area contributed by atoms with E-state index in [1.807, 2.05) is 0 Å². The highest BCUT2D eigenvalue weighted by Gasteiger charge is 2.10. The van der Waals surface area contributed by atoms with Crippen LogP contribution in [-0.4, -0.2) is 4.98 Å². The summed E-state index contributed by atoms with van der Waals surface area (Å²) < 4.78 is 19.1. The van der Waals surface area contributed by atoms with Gasteiger partial charge in [-0.3, -0.25) is 0 Å². The summed E-state index contributed by atoms with van der Waals surface area (Å²) in [6.07, 6.45) is 1.53. The Morgan fingerprint density at radius 1 is 1.47 bits per heavy atom. The topological polar surface area (TPSA) is 26.0 Å². The highest BCUT2D eigenvalue weighted by Crippen LogP contribution is 2.29. The number of benzene rings is 1. The second-order valence-electron chi connectivity index (χ2n) is 2.88.